The van der Waals surface area contributed by atoms with Crippen LogP contribution in [0.1, 0.15) is 6.42 Å². The number of aliphatic carboxylic acids is 1. The van der Waals surface area contributed by atoms with Gasteiger partial charge in [-0.1, -0.05) is 0 Å². The Bertz CT molecular complexity index is 152. The molecule has 0 bridgehead atoms. The number of β-amino-alcohol motifs (C(OH)–C–C–N with tert-alkyl or cyclic N) is 1. The van der Waals surface area contributed by atoms with Gasteiger partial charge in [0.2, 0.25) is 0 Å². The lowest BCUT2D eigenvalue weighted by molar-refractivity contribution is -0.140. The SMILES string of the molecule is O=C(O)[C@H]1C[C@@H](O)CN1Cl. The van der Waals surface area contributed by atoms with Gasteiger partial charge >= 0.3 is 5.97 Å². The van der Waals surface area contributed by atoms with E-state index >= 15 is 0 Å². The molecule has 2 N–H and O–H groups in total. The smallest absolute Gasteiger partial charge is 0.322 e. The molecule has 1 heterocycles. The van der Waals surface area contributed by atoms with Crippen LogP contribution < -0.4 is 0 Å². The second kappa shape index (κ2) is 2.74. The predicted octanol–water partition coefficient (Wildman–Crippen LogP) is -0.340. The van der Waals surface area contributed by atoms with Crippen LogP contribution in [0.15, 0.2) is 0 Å². The molecule has 0 amide bonds. The van der Waals surface area contributed by atoms with Crippen molar-refractivity contribution in [1.82, 2.24) is 4.42 Å². The summed E-state index contributed by atoms with van der Waals surface area (Å²) in [5.41, 5.74) is 0. The van der Waals surface area contributed by atoms with Gasteiger partial charge < -0.3 is 10.2 Å². The molecule has 0 spiro atoms. The second-order valence-corrected chi connectivity index (χ2v) is 2.76. The van der Waals surface area contributed by atoms with Crippen molar-refractivity contribution in [3.05, 3.63) is 0 Å². The fraction of sp³-hybridized carbons (Fsp3) is 0.800. The third kappa shape index (κ3) is 1.39. The standard InChI is InChI=1S/C5H8ClNO3/c6-7-2-3(8)1-4(7)5(9)10/h3-4,8H,1-2H2,(H,9,10)/t3-,4-/m1/s1. The first kappa shape index (κ1) is 7.78. The van der Waals surface area contributed by atoms with Gasteiger partial charge in [0.15, 0.2) is 0 Å². The molecule has 1 saturated heterocycles. The topological polar surface area (TPSA) is 60.8 Å². The monoisotopic (exact) mass is 165 g/mol. The first-order valence-electron chi connectivity index (χ1n) is 2.94. The van der Waals surface area contributed by atoms with Gasteiger partial charge in [-0.2, -0.15) is 0 Å². The number of nitrogens with zero attached hydrogens (tertiary/aromatic N) is 1. The van der Waals surface area contributed by atoms with Crippen molar-refractivity contribution < 1.29 is 15.0 Å². The molecule has 2 atom stereocenters. The highest BCUT2D eigenvalue weighted by atomic mass is 35.5. The highest BCUT2D eigenvalue weighted by molar-refractivity contribution is 6.15. The Kier molecular flexibility index (Phi) is 2.13. The van der Waals surface area contributed by atoms with E-state index in [0.717, 1.165) is 4.42 Å². The minimum Gasteiger partial charge on any atom is -0.480 e. The van der Waals surface area contributed by atoms with Crippen LogP contribution in [0.2, 0.25) is 0 Å². The van der Waals surface area contributed by atoms with E-state index in [1.165, 1.54) is 0 Å². The zero-order chi connectivity index (χ0) is 7.72. The lowest BCUT2D eigenvalue weighted by atomic mass is 10.2. The summed E-state index contributed by atoms with van der Waals surface area (Å²) in [5.74, 6) is -0.980. The Morgan fingerprint density at radius 1 is 1.70 bits per heavy atom. The molecule has 0 radical (unpaired) electrons. The Morgan fingerprint density at radius 2 is 2.30 bits per heavy atom. The largest absolute Gasteiger partial charge is 0.480 e. The Hall–Kier alpha value is -0.320. The molecule has 10 heavy (non-hydrogen) atoms. The molecule has 1 aliphatic rings. The average molecular weight is 166 g/mol. The molecule has 5 heteroatoms. The van der Waals surface area contributed by atoms with Crippen LogP contribution in [-0.2, 0) is 4.79 Å². The maximum atomic E-state index is 10.3. The van der Waals surface area contributed by atoms with Crippen molar-refractivity contribution in [3.8, 4) is 0 Å². The van der Waals surface area contributed by atoms with Crippen LogP contribution in [0.4, 0.5) is 0 Å². The van der Waals surface area contributed by atoms with Gasteiger partial charge in [-0.3, -0.25) is 4.79 Å². The van der Waals surface area contributed by atoms with E-state index in [4.69, 9.17) is 22.0 Å². The summed E-state index contributed by atoms with van der Waals surface area (Å²) in [7, 11) is 0. The summed E-state index contributed by atoms with van der Waals surface area (Å²) in [6.45, 7) is 0.235. The number of hydrogen-bond acceptors (Lipinski definition) is 3. The number of hydrogen-bond donors (Lipinski definition) is 2. The number of aliphatic hydroxyl groups is 1. The van der Waals surface area contributed by atoms with Gasteiger partial charge in [0, 0.05) is 13.0 Å². The number of halogens is 1. The van der Waals surface area contributed by atoms with Gasteiger partial charge in [0.1, 0.15) is 6.04 Å². The Labute approximate surface area is 63.1 Å². The summed E-state index contributed by atoms with van der Waals surface area (Å²) < 4.78 is 1.12. The molecule has 1 rings (SSSR count). The number of carbonyl (C=O) groups is 1. The molecule has 0 aromatic rings. The van der Waals surface area contributed by atoms with E-state index in [1.54, 1.807) is 0 Å². The van der Waals surface area contributed by atoms with E-state index in [-0.39, 0.29) is 13.0 Å². The second-order valence-electron chi connectivity index (χ2n) is 2.33. The molecule has 4 nitrogen and oxygen atoms in total. The van der Waals surface area contributed by atoms with Crippen LogP contribution in [0, 0.1) is 0 Å². The molecule has 58 valence electrons. The van der Waals surface area contributed by atoms with Crippen molar-refractivity contribution in [3.63, 3.8) is 0 Å². The van der Waals surface area contributed by atoms with Crippen molar-refractivity contribution in [1.29, 1.82) is 0 Å². The number of carboxylic acids is 1. The summed E-state index contributed by atoms with van der Waals surface area (Å²) in [4.78, 5) is 10.3. The van der Waals surface area contributed by atoms with Crippen molar-refractivity contribution in [2.24, 2.45) is 0 Å². The molecular formula is C5H8ClNO3. The number of rotatable bonds is 1. The quantitative estimate of drug-likeness (QED) is 0.522. The first-order valence-corrected chi connectivity index (χ1v) is 3.28. The molecule has 0 aromatic carbocycles. The van der Waals surface area contributed by atoms with E-state index in [1.807, 2.05) is 0 Å². The van der Waals surface area contributed by atoms with E-state index in [0.29, 0.717) is 0 Å². The molecular weight excluding hydrogens is 158 g/mol. The van der Waals surface area contributed by atoms with Gasteiger partial charge in [-0.15, -0.1) is 0 Å². The van der Waals surface area contributed by atoms with E-state index in [9.17, 15) is 4.79 Å². The minimum atomic E-state index is -0.980. The van der Waals surface area contributed by atoms with Gasteiger partial charge in [-0.25, -0.2) is 4.42 Å². The zero-order valence-electron chi connectivity index (χ0n) is 5.20. The summed E-state index contributed by atoms with van der Waals surface area (Å²) in [5, 5.41) is 17.4. The third-order valence-corrected chi connectivity index (χ3v) is 1.88. The lowest BCUT2D eigenvalue weighted by Crippen LogP contribution is -2.28. The molecule has 1 fully saturated rings. The minimum absolute atomic E-state index is 0.221. The summed E-state index contributed by atoms with van der Waals surface area (Å²) in [6.07, 6.45) is -0.377. The molecule has 1 aliphatic heterocycles. The van der Waals surface area contributed by atoms with Crippen LogP contribution in [-0.4, -0.2) is 39.3 Å². The molecule has 0 saturated carbocycles. The Balaban J connectivity index is 2.54. The first-order chi connectivity index (χ1) is 4.61. The van der Waals surface area contributed by atoms with Crippen molar-refractivity contribution in [2.75, 3.05) is 6.54 Å². The van der Waals surface area contributed by atoms with Crippen LogP contribution in [0.3, 0.4) is 0 Å². The molecule has 0 aliphatic carbocycles. The molecule has 0 aromatic heterocycles. The highest BCUT2D eigenvalue weighted by Gasteiger charge is 2.34. The molecule has 0 unspecified atom stereocenters. The van der Waals surface area contributed by atoms with Gasteiger partial charge in [0.05, 0.1) is 6.10 Å². The fourth-order valence-corrected chi connectivity index (χ4v) is 1.32. The lowest BCUT2D eigenvalue weighted by Gasteiger charge is -2.09. The maximum Gasteiger partial charge on any atom is 0.322 e. The van der Waals surface area contributed by atoms with Crippen LogP contribution in [0.5, 0.6) is 0 Å². The summed E-state index contributed by atoms with van der Waals surface area (Å²) >= 11 is 5.46. The van der Waals surface area contributed by atoms with Gasteiger partial charge in [-0.05, 0) is 11.8 Å². The predicted molar refractivity (Wildman–Crippen MR) is 34.6 cm³/mol. The highest BCUT2D eigenvalue weighted by Crippen LogP contribution is 2.19. The normalized spacial score (nSPS) is 34.6. The average Bonchev–Trinajstić information content (AvgIpc) is 2.10. The van der Waals surface area contributed by atoms with Crippen LogP contribution in [0.25, 0.3) is 0 Å². The Morgan fingerprint density at radius 3 is 2.50 bits per heavy atom. The van der Waals surface area contributed by atoms with Crippen LogP contribution >= 0.6 is 11.8 Å². The summed E-state index contributed by atoms with van der Waals surface area (Å²) in [6, 6.07) is -0.725. The number of carboxylic acid groups (broad SMARTS) is 1. The number of aliphatic hydroxyl groups excluding tert-OH is 1. The van der Waals surface area contributed by atoms with E-state index in [2.05, 4.69) is 0 Å². The van der Waals surface area contributed by atoms with Crippen molar-refractivity contribution >= 4 is 17.7 Å². The third-order valence-electron chi connectivity index (χ3n) is 1.50. The van der Waals surface area contributed by atoms with Gasteiger partial charge in [0.25, 0.3) is 0 Å². The van der Waals surface area contributed by atoms with E-state index < -0.39 is 18.1 Å². The van der Waals surface area contributed by atoms with Crippen molar-refractivity contribution in [2.45, 2.75) is 18.6 Å². The maximum absolute atomic E-state index is 10.3. The zero-order valence-corrected chi connectivity index (χ0v) is 5.95. The fourth-order valence-electron chi connectivity index (χ4n) is 0.996.